The molecule has 2 amide bonds. The van der Waals surface area contributed by atoms with E-state index < -0.39 is 6.04 Å². The van der Waals surface area contributed by atoms with E-state index in [1.54, 1.807) is 41.2 Å². The van der Waals surface area contributed by atoms with Crippen LogP contribution in [0.1, 0.15) is 18.4 Å². The number of nitrogens with one attached hydrogen (secondary N) is 1. The summed E-state index contributed by atoms with van der Waals surface area (Å²) in [7, 11) is 1.79. The normalized spacial score (nSPS) is 17.6. The molecule has 2 aromatic rings. The Hall–Kier alpha value is -2.90. The molecule has 1 N–H and O–H groups in total. The fourth-order valence-electron chi connectivity index (χ4n) is 2.92. The van der Waals surface area contributed by atoms with E-state index in [0.29, 0.717) is 18.8 Å². The lowest BCUT2D eigenvalue weighted by Crippen LogP contribution is -2.53. The first-order valence-corrected chi connectivity index (χ1v) is 8.21. The molecule has 8 heteroatoms. The maximum absolute atomic E-state index is 12.6. The van der Waals surface area contributed by atoms with Crippen LogP contribution in [0.3, 0.4) is 0 Å². The fourth-order valence-corrected chi connectivity index (χ4v) is 2.92. The van der Waals surface area contributed by atoms with Crippen molar-refractivity contribution in [2.24, 2.45) is 7.05 Å². The van der Waals surface area contributed by atoms with Crippen molar-refractivity contribution in [3.05, 3.63) is 46.5 Å². The maximum atomic E-state index is 12.6. The Bertz CT molecular complexity index is 854. The van der Waals surface area contributed by atoms with Gasteiger partial charge in [0, 0.05) is 38.1 Å². The summed E-state index contributed by atoms with van der Waals surface area (Å²) in [5.74, 6) is 0.0583. The number of piperidine rings is 1. The van der Waals surface area contributed by atoms with Crippen LogP contribution in [-0.2, 0) is 23.2 Å². The summed E-state index contributed by atoms with van der Waals surface area (Å²) >= 11 is 0. The molecule has 1 aliphatic rings. The maximum Gasteiger partial charge on any atom is 0.251 e. The monoisotopic (exact) mass is 343 g/mol. The summed E-state index contributed by atoms with van der Waals surface area (Å²) in [6.07, 6.45) is 4.71. The predicted octanol–water partition coefficient (Wildman–Crippen LogP) is 0.202. The summed E-state index contributed by atoms with van der Waals surface area (Å²) in [6, 6.07) is 4.42. The minimum absolute atomic E-state index is 0.105. The number of anilines is 1. The van der Waals surface area contributed by atoms with E-state index in [2.05, 4.69) is 10.4 Å². The molecule has 3 heterocycles. The van der Waals surface area contributed by atoms with Crippen molar-refractivity contribution in [1.29, 1.82) is 0 Å². The first kappa shape index (κ1) is 16.9. The molecule has 3 rings (SSSR count). The van der Waals surface area contributed by atoms with Gasteiger partial charge in [-0.05, 0) is 31.4 Å². The summed E-state index contributed by atoms with van der Waals surface area (Å²) in [6.45, 7) is 2.30. The quantitative estimate of drug-likeness (QED) is 0.859. The van der Waals surface area contributed by atoms with Gasteiger partial charge in [0.1, 0.15) is 12.6 Å². The van der Waals surface area contributed by atoms with Gasteiger partial charge in [0.25, 0.3) is 11.5 Å². The van der Waals surface area contributed by atoms with E-state index >= 15 is 0 Å². The smallest absolute Gasteiger partial charge is 0.251 e. The Labute approximate surface area is 145 Å². The third-order valence-electron chi connectivity index (χ3n) is 4.22. The number of carbonyl (C=O) groups is 2. The molecule has 0 aromatic carbocycles. The Morgan fingerprint density at radius 1 is 1.32 bits per heavy atom. The van der Waals surface area contributed by atoms with Gasteiger partial charge in [-0.25, -0.2) is 0 Å². The standard InChI is InChI=1S/C17H21N5O3/c1-12-5-9-21(16(24)10-12)11-15(23)18-13-4-3-7-22(17(13)25)14-6-8-20(2)19-14/h5-6,8-10,13H,3-4,7,11H2,1-2H3,(H,18,23). The average Bonchev–Trinajstić information content (AvgIpc) is 2.98. The summed E-state index contributed by atoms with van der Waals surface area (Å²) in [5, 5.41) is 6.99. The third-order valence-corrected chi connectivity index (χ3v) is 4.22. The zero-order valence-electron chi connectivity index (χ0n) is 14.3. The molecule has 1 fully saturated rings. The van der Waals surface area contributed by atoms with Crippen molar-refractivity contribution in [1.82, 2.24) is 19.7 Å². The minimum Gasteiger partial charge on any atom is -0.343 e. The minimum atomic E-state index is -0.593. The van der Waals surface area contributed by atoms with E-state index in [1.807, 2.05) is 6.92 Å². The second-order valence-corrected chi connectivity index (χ2v) is 6.27. The summed E-state index contributed by atoms with van der Waals surface area (Å²) in [4.78, 5) is 38.3. The van der Waals surface area contributed by atoms with Crippen LogP contribution in [0, 0.1) is 6.92 Å². The van der Waals surface area contributed by atoms with Gasteiger partial charge in [0.15, 0.2) is 5.82 Å². The molecule has 1 atom stereocenters. The van der Waals surface area contributed by atoms with E-state index in [-0.39, 0.29) is 23.9 Å². The predicted molar refractivity (Wildman–Crippen MR) is 92.2 cm³/mol. The summed E-state index contributed by atoms with van der Waals surface area (Å²) in [5.41, 5.74) is 0.607. The zero-order chi connectivity index (χ0) is 18.0. The molecule has 0 aliphatic carbocycles. The third kappa shape index (κ3) is 3.78. The van der Waals surface area contributed by atoms with Crippen LogP contribution in [0.15, 0.2) is 35.4 Å². The molecule has 0 bridgehead atoms. The first-order valence-electron chi connectivity index (χ1n) is 8.21. The van der Waals surface area contributed by atoms with E-state index in [0.717, 1.165) is 12.0 Å². The van der Waals surface area contributed by atoms with E-state index in [1.165, 1.54) is 10.6 Å². The number of hydrogen-bond donors (Lipinski definition) is 1. The topological polar surface area (TPSA) is 89.2 Å². The molecule has 0 saturated carbocycles. The van der Waals surface area contributed by atoms with Crippen LogP contribution >= 0.6 is 0 Å². The van der Waals surface area contributed by atoms with Gasteiger partial charge >= 0.3 is 0 Å². The number of hydrogen-bond acceptors (Lipinski definition) is 4. The van der Waals surface area contributed by atoms with Gasteiger partial charge in [0.2, 0.25) is 5.91 Å². The van der Waals surface area contributed by atoms with Crippen molar-refractivity contribution in [2.45, 2.75) is 32.4 Å². The van der Waals surface area contributed by atoms with Crippen molar-refractivity contribution < 1.29 is 9.59 Å². The number of aryl methyl sites for hydroxylation is 2. The van der Waals surface area contributed by atoms with Crippen LogP contribution < -0.4 is 15.8 Å². The zero-order valence-corrected chi connectivity index (χ0v) is 14.3. The second kappa shape index (κ2) is 6.92. The molecular formula is C17H21N5O3. The Kier molecular flexibility index (Phi) is 4.69. The number of pyridine rings is 1. The van der Waals surface area contributed by atoms with Crippen LogP contribution in [0.25, 0.3) is 0 Å². The number of carbonyl (C=O) groups excluding carboxylic acids is 2. The molecule has 1 unspecified atom stereocenters. The van der Waals surface area contributed by atoms with Crippen molar-refractivity contribution >= 4 is 17.6 Å². The largest absolute Gasteiger partial charge is 0.343 e. The molecule has 0 spiro atoms. The van der Waals surface area contributed by atoms with Gasteiger partial charge in [-0.2, -0.15) is 5.10 Å². The fraction of sp³-hybridized carbons (Fsp3) is 0.412. The van der Waals surface area contributed by atoms with Crippen LogP contribution in [-0.4, -0.2) is 38.7 Å². The highest BCUT2D eigenvalue weighted by Crippen LogP contribution is 2.19. The van der Waals surface area contributed by atoms with Crippen molar-refractivity contribution in [2.75, 3.05) is 11.4 Å². The lowest BCUT2D eigenvalue weighted by Gasteiger charge is -2.31. The second-order valence-electron chi connectivity index (χ2n) is 6.27. The van der Waals surface area contributed by atoms with Crippen LogP contribution in [0.4, 0.5) is 5.82 Å². The molecule has 0 radical (unpaired) electrons. The Balaban J connectivity index is 1.66. The molecule has 1 saturated heterocycles. The number of amides is 2. The van der Waals surface area contributed by atoms with Crippen molar-refractivity contribution in [3.63, 3.8) is 0 Å². The van der Waals surface area contributed by atoms with E-state index in [9.17, 15) is 14.4 Å². The molecule has 25 heavy (non-hydrogen) atoms. The highest BCUT2D eigenvalue weighted by molar-refractivity contribution is 5.99. The SMILES string of the molecule is Cc1ccn(CC(=O)NC2CCCN(c3ccn(C)n3)C2=O)c(=O)c1. The molecule has 132 valence electrons. The molecule has 8 nitrogen and oxygen atoms in total. The van der Waals surface area contributed by atoms with Crippen molar-refractivity contribution in [3.8, 4) is 0 Å². The molecule has 2 aromatic heterocycles. The lowest BCUT2D eigenvalue weighted by molar-refractivity contribution is -0.128. The van der Waals surface area contributed by atoms with Crippen LogP contribution in [0.2, 0.25) is 0 Å². The lowest BCUT2D eigenvalue weighted by atomic mass is 10.0. The molecular weight excluding hydrogens is 322 g/mol. The van der Waals surface area contributed by atoms with Gasteiger partial charge < -0.3 is 9.88 Å². The van der Waals surface area contributed by atoms with Gasteiger partial charge in [-0.3, -0.25) is 24.0 Å². The Morgan fingerprint density at radius 2 is 2.12 bits per heavy atom. The van der Waals surface area contributed by atoms with Gasteiger partial charge in [-0.1, -0.05) is 0 Å². The Morgan fingerprint density at radius 3 is 2.80 bits per heavy atom. The van der Waals surface area contributed by atoms with Gasteiger partial charge in [0.05, 0.1) is 0 Å². The highest BCUT2D eigenvalue weighted by Gasteiger charge is 2.31. The van der Waals surface area contributed by atoms with E-state index in [4.69, 9.17) is 0 Å². The van der Waals surface area contributed by atoms with Gasteiger partial charge in [-0.15, -0.1) is 0 Å². The average molecular weight is 343 g/mol. The number of nitrogens with zero attached hydrogens (tertiary/aromatic N) is 4. The molecule has 1 aliphatic heterocycles. The number of rotatable bonds is 4. The van der Waals surface area contributed by atoms with Crippen LogP contribution in [0.5, 0.6) is 0 Å². The summed E-state index contributed by atoms with van der Waals surface area (Å²) < 4.78 is 2.96. The highest BCUT2D eigenvalue weighted by atomic mass is 16.2. The first-order chi connectivity index (χ1) is 11.9. The number of aromatic nitrogens is 3.